The van der Waals surface area contributed by atoms with Crippen LogP contribution in [0.4, 0.5) is 13.2 Å². The van der Waals surface area contributed by atoms with Crippen LogP contribution in [-0.4, -0.2) is 38.3 Å². The Hall–Kier alpha value is -1.11. The maximum absolute atomic E-state index is 11.8. The predicted molar refractivity (Wildman–Crippen MR) is 56.8 cm³/mol. The summed E-state index contributed by atoms with van der Waals surface area (Å²) in [6.45, 7) is 1.57. The number of alkyl halides is 3. The highest BCUT2D eigenvalue weighted by Gasteiger charge is 2.31. The fraction of sp³-hybridized carbons (Fsp3) is 0.818. The van der Waals surface area contributed by atoms with Gasteiger partial charge in [0.25, 0.3) is 0 Å². The van der Waals surface area contributed by atoms with Gasteiger partial charge >= 0.3 is 12.1 Å². The molecule has 0 aliphatic rings. The second kappa shape index (κ2) is 7.35. The molecule has 0 heterocycles. The lowest BCUT2D eigenvalue weighted by molar-refractivity contribution is -0.175. The Morgan fingerprint density at radius 3 is 2.17 bits per heavy atom. The van der Waals surface area contributed by atoms with Gasteiger partial charge in [-0.25, -0.2) is 0 Å². The van der Waals surface area contributed by atoms with Gasteiger partial charge in [0.2, 0.25) is 0 Å². The summed E-state index contributed by atoms with van der Waals surface area (Å²) >= 11 is 0. The van der Waals surface area contributed by atoms with Crippen molar-refractivity contribution in [1.29, 1.82) is 0 Å². The van der Waals surface area contributed by atoms with E-state index >= 15 is 0 Å². The highest BCUT2D eigenvalue weighted by molar-refractivity contribution is 5.99. The van der Waals surface area contributed by atoms with E-state index in [0.717, 1.165) is 7.11 Å². The van der Waals surface area contributed by atoms with E-state index in [1.54, 1.807) is 13.8 Å². The minimum atomic E-state index is -4.41. The molecule has 0 aliphatic heterocycles. The van der Waals surface area contributed by atoms with E-state index in [2.05, 4.69) is 9.47 Å². The van der Waals surface area contributed by atoms with Crippen LogP contribution in [0, 0.1) is 11.8 Å². The third kappa shape index (κ3) is 6.58. The molecule has 7 heteroatoms. The number of carbonyl (C=O) groups is 2. The van der Waals surface area contributed by atoms with Crippen LogP contribution in [0.5, 0.6) is 0 Å². The predicted octanol–water partition coefficient (Wildman–Crippen LogP) is 1.97. The first kappa shape index (κ1) is 16.9. The summed E-state index contributed by atoms with van der Waals surface area (Å²) in [5, 5.41) is 0. The van der Waals surface area contributed by atoms with E-state index in [-0.39, 0.29) is 18.9 Å². The zero-order valence-corrected chi connectivity index (χ0v) is 10.5. The van der Waals surface area contributed by atoms with Crippen molar-refractivity contribution in [2.45, 2.75) is 26.4 Å². The summed E-state index contributed by atoms with van der Waals surface area (Å²) in [7, 11) is 1.16. The van der Waals surface area contributed by atoms with E-state index < -0.39 is 30.5 Å². The summed E-state index contributed by atoms with van der Waals surface area (Å²) in [5.74, 6) is -2.37. The van der Waals surface area contributed by atoms with Gasteiger partial charge in [-0.15, -0.1) is 0 Å². The second-order valence-electron chi connectivity index (χ2n) is 4.13. The lowest BCUT2D eigenvalue weighted by atomic mass is 9.90. The zero-order chi connectivity index (χ0) is 14.3. The summed E-state index contributed by atoms with van der Waals surface area (Å²) < 4.78 is 44.1. The van der Waals surface area contributed by atoms with E-state index in [9.17, 15) is 22.8 Å². The molecule has 0 amide bonds. The molecule has 1 atom stereocenters. The highest BCUT2D eigenvalue weighted by atomic mass is 19.4. The minimum Gasteiger partial charge on any atom is -0.468 e. The number of ketones is 1. The van der Waals surface area contributed by atoms with E-state index in [1.165, 1.54) is 0 Å². The first-order valence-electron chi connectivity index (χ1n) is 5.44. The average Bonchev–Trinajstić information content (AvgIpc) is 2.22. The molecule has 4 nitrogen and oxygen atoms in total. The molecule has 0 saturated carbocycles. The minimum absolute atomic E-state index is 0.242. The number of carbonyl (C=O) groups excluding carboxylic acids is 2. The van der Waals surface area contributed by atoms with Crippen LogP contribution in [-0.2, 0) is 19.1 Å². The Kier molecular flexibility index (Phi) is 6.90. The number of Topliss-reactive ketones (excluding diaryl/α,β-unsaturated/α-hetero) is 1. The standard InChI is InChI=1S/C11H17F3O4/c1-7(2)9(10(16)17-3)8(15)4-5-18-6-11(12,13)14/h7,9H,4-6H2,1-3H3. The topological polar surface area (TPSA) is 52.6 Å². The molecular formula is C11H17F3O4. The third-order valence-electron chi connectivity index (χ3n) is 2.23. The van der Waals surface area contributed by atoms with Crippen molar-refractivity contribution in [2.24, 2.45) is 11.8 Å². The van der Waals surface area contributed by atoms with Crippen molar-refractivity contribution in [1.82, 2.24) is 0 Å². The van der Waals surface area contributed by atoms with Crippen LogP contribution in [0.2, 0.25) is 0 Å². The molecule has 0 aromatic carbocycles. The number of hydrogen-bond acceptors (Lipinski definition) is 4. The molecule has 18 heavy (non-hydrogen) atoms. The maximum Gasteiger partial charge on any atom is 0.411 e. The number of esters is 1. The van der Waals surface area contributed by atoms with Crippen molar-refractivity contribution in [2.75, 3.05) is 20.3 Å². The lowest BCUT2D eigenvalue weighted by Gasteiger charge is -2.17. The van der Waals surface area contributed by atoms with Gasteiger partial charge in [0.1, 0.15) is 18.3 Å². The number of hydrogen-bond donors (Lipinski definition) is 0. The van der Waals surface area contributed by atoms with Crippen LogP contribution in [0.1, 0.15) is 20.3 Å². The van der Waals surface area contributed by atoms with Gasteiger partial charge < -0.3 is 9.47 Å². The number of ether oxygens (including phenoxy) is 2. The monoisotopic (exact) mass is 270 g/mol. The number of halogens is 3. The number of methoxy groups -OCH3 is 1. The molecule has 0 bridgehead atoms. The Morgan fingerprint density at radius 2 is 1.78 bits per heavy atom. The first-order valence-corrected chi connectivity index (χ1v) is 5.44. The first-order chi connectivity index (χ1) is 8.19. The molecule has 0 rings (SSSR count). The fourth-order valence-electron chi connectivity index (χ4n) is 1.42. The van der Waals surface area contributed by atoms with Crippen LogP contribution in [0.3, 0.4) is 0 Å². The molecule has 0 N–H and O–H groups in total. The second-order valence-corrected chi connectivity index (χ2v) is 4.13. The SMILES string of the molecule is COC(=O)C(C(=O)CCOCC(F)(F)F)C(C)C. The Bertz CT molecular complexity index is 287. The van der Waals surface area contributed by atoms with Gasteiger partial charge in [0.05, 0.1) is 13.7 Å². The molecule has 0 aromatic rings. The summed E-state index contributed by atoms with van der Waals surface area (Å²) in [5.41, 5.74) is 0. The number of rotatable bonds is 7. The van der Waals surface area contributed by atoms with Crippen molar-refractivity contribution < 1.29 is 32.2 Å². The Labute approximate surface area is 103 Å². The van der Waals surface area contributed by atoms with Gasteiger partial charge in [-0.3, -0.25) is 9.59 Å². The third-order valence-corrected chi connectivity index (χ3v) is 2.23. The molecular weight excluding hydrogens is 253 g/mol. The van der Waals surface area contributed by atoms with E-state index in [0.29, 0.717) is 0 Å². The van der Waals surface area contributed by atoms with Crippen LogP contribution < -0.4 is 0 Å². The molecule has 0 spiro atoms. The zero-order valence-electron chi connectivity index (χ0n) is 10.5. The Balaban J connectivity index is 4.17. The van der Waals surface area contributed by atoms with Gasteiger partial charge in [-0.05, 0) is 5.92 Å². The largest absolute Gasteiger partial charge is 0.468 e. The van der Waals surface area contributed by atoms with Crippen molar-refractivity contribution >= 4 is 11.8 Å². The average molecular weight is 270 g/mol. The van der Waals surface area contributed by atoms with Crippen LogP contribution in [0.25, 0.3) is 0 Å². The highest BCUT2D eigenvalue weighted by Crippen LogP contribution is 2.17. The van der Waals surface area contributed by atoms with Gasteiger partial charge in [0.15, 0.2) is 0 Å². The van der Waals surface area contributed by atoms with Crippen molar-refractivity contribution in [3.63, 3.8) is 0 Å². The molecule has 0 radical (unpaired) electrons. The molecule has 0 saturated heterocycles. The van der Waals surface area contributed by atoms with Gasteiger partial charge in [0, 0.05) is 6.42 Å². The van der Waals surface area contributed by atoms with Gasteiger partial charge in [-0.2, -0.15) is 13.2 Å². The maximum atomic E-state index is 11.8. The molecule has 0 fully saturated rings. The van der Waals surface area contributed by atoms with Crippen molar-refractivity contribution in [3.05, 3.63) is 0 Å². The van der Waals surface area contributed by atoms with Gasteiger partial charge in [-0.1, -0.05) is 13.8 Å². The normalized spacial score (nSPS) is 13.5. The van der Waals surface area contributed by atoms with Crippen LogP contribution >= 0.6 is 0 Å². The molecule has 0 aliphatic carbocycles. The van der Waals surface area contributed by atoms with Crippen molar-refractivity contribution in [3.8, 4) is 0 Å². The molecule has 0 aromatic heterocycles. The van der Waals surface area contributed by atoms with E-state index in [1.807, 2.05) is 0 Å². The smallest absolute Gasteiger partial charge is 0.411 e. The summed E-state index contributed by atoms with van der Waals surface area (Å²) in [6.07, 6.45) is -4.66. The summed E-state index contributed by atoms with van der Waals surface area (Å²) in [6, 6.07) is 0. The fourth-order valence-corrected chi connectivity index (χ4v) is 1.42. The lowest BCUT2D eigenvalue weighted by Crippen LogP contribution is -2.31. The summed E-state index contributed by atoms with van der Waals surface area (Å²) in [4.78, 5) is 23.0. The van der Waals surface area contributed by atoms with E-state index in [4.69, 9.17) is 0 Å². The van der Waals surface area contributed by atoms with Crippen LogP contribution in [0.15, 0.2) is 0 Å². The quantitative estimate of drug-likeness (QED) is 0.403. The molecule has 106 valence electrons. The molecule has 1 unspecified atom stereocenters. The Morgan fingerprint density at radius 1 is 1.22 bits per heavy atom.